The number of benzene rings is 2. The lowest BCUT2D eigenvalue weighted by Crippen LogP contribution is -2.28. The molecular weight excluding hydrogens is 252 g/mol. The first-order valence-corrected chi connectivity index (χ1v) is 6.75. The average Bonchev–Trinajstić information content (AvgIpc) is 2.86. The Morgan fingerprint density at radius 1 is 1.15 bits per heavy atom. The molecule has 1 N–H and O–H groups in total. The quantitative estimate of drug-likeness (QED) is 0.736. The lowest BCUT2D eigenvalue weighted by atomic mass is 10.1. The van der Waals surface area contributed by atoms with Gasteiger partial charge in [-0.25, -0.2) is 0 Å². The number of hydrogen-bond donors (Lipinski definition) is 1. The standard InChI is InChI=1S/C16H16N2O2/c1-18-8-9-20-16-12(18)7-6-11-10-4-3-5-13(19-2)14(10)17-15(11)16/h3-7,17H,8-9H2,1-2H3. The Morgan fingerprint density at radius 3 is 2.85 bits per heavy atom. The van der Waals surface area contributed by atoms with E-state index in [2.05, 4.69) is 35.1 Å². The summed E-state index contributed by atoms with van der Waals surface area (Å²) in [6, 6.07) is 10.4. The predicted molar refractivity (Wildman–Crippen MR) is 81.1 cm³/mol. The van der Waals surface area contributed by atoms with Gasteiger partial charge in [0.1, 0.15) is 12.4 Å². The molecule has 4 rings (SSSR count). The van der Waals surface area contributed by atoms with Crippen LogP contribution in [0.4, 0.5) is 5.69 Å². The highest BCUT2D eigenvalue weighted by Crippen LogP contribution is 2.41. The van der Waals surface area contributed by atoms with Crippen LogP contribution >= 0.6 is 0 Å². The molecule has 4 nitrogen and oxygen atoms in total. The summed E-state index contributed by atoms with van der Waals surface area (Å²) in [5.74, 6) is 1.80. The van der Waals surface area contributed by atoms with Crippen LogP contribution in [0.3, 0.4) is 0 Å². The molecule has 3 aromatic rings. The van der Waals surface area contributed by atoms with Crippen molar-refractivity contribution in [3.8, 4) is 11.5 Å². The number of hydrogen-bond acceptors (Lipinski definition) is 3. The maximum absolute atomic E-state index is 5.90. The van der Waals surface area contributed by atoms with Crippen molar-refractivity contribution in [1.82, 2.24) is 4.98 Å². The van der Waals surface area contributed by atoms with E-state index in [1.165, 1.54) is 10.8 Å². The molecule has 1 aliphatic rings. The fraction of sp³-hybridized carbons (Fsp3) is 0.250. The van der Waals surface area contributed by atoms with Gasteiger partial charge >= 0.3 is 0 Å². The Hall–Kier alpha value is -2.36. The number of rotatable bonds is 1. The van der Waals surface area contributed by atoms with Crippen molar-refractivity contribution >= 4 is 27.5 Å². The first-order chi connectivity index (χ1) is 9.79. The van der Waals surface area contributed by atoms with Crippen LogP contribution in [0, 0.1) is 0 Å². The number of H-pyrrole nitrogens is 1. The van der Waals surface area contributed by atoms with E-state index < -0.39 is 0 Å². The molecule has 0 unspecified atom stereocenters. The van der Waals surface area contributed by atoms with Gasteiger partial charge in [-0.2, -0.15) is 0 Å². The van der Waals surface area contributed by atoms with Gasteiger partial charge < -0.3 is 19.4 Å². The van der Waals surface area contributed by atoms with Crippen LogP contribution in [0.25, 0.3) is 21.8 Å². The van der Waals surface area contributed by atoms with Crippen molar-refractivity contribution in [3.05, 3.63) is 30.3 Å². The van der Waals surface area contributed by atoms with Crippen LogP contribution in [0.15, 0.2) is 30.3 Å². The topological polar surface area (TPSA) is 37.5 Å². The molecule has 20 heavy (non-hydrogen) atoms. The molecule has 0 aliphatic carbocycles. The van der Waals surface area contributed by atoms with Crippen LogP contribution in [0.5, 0.6) is 11.5 Å². The van der Waals surface area contributed by atoms with Gasteiger partial charge in [0.2, 0.25) is 0 Å². The Kier molecular flexibility index (Phi) is 2.33. The zero-order chi connectivity index (χ0) is 13.7. The molecule has 0 amide bonds. The number of likely N-dealkylation sites (N-methyl/N-ethyl adjacent to an activating group) is 1. The summed E-state index contributed by atoms with van der Waals surface area (Å²) in [5, 5.41) is 2.34. The number of para-hydroxylation sites is 1. The van der Waals surface area contributed by atoms with E-state index in [-0.39, 0.29) is 0 Å². The number of fused-ring (bicyclic) bond motifs is 5. The molecular formula is C16H16N2O2. The molecule has 2 aromatic carbocycles. The Labute approximate surface area is 116 Å². The molecule has 0 spiro atoms. The largest absolute Gasteiger partial charge is 0.495 e. The Morgan fingerprint density at radius 2 is 2.00 bits per heavy atom. The minimum absolute atomic E-state index is 0.717. The van der Waals surface area contributed by atoms with E-state index >= 15 is 0 Å². The lowest BCUT2D eigenvalue weighted by molar-refractivity contribution is 0.314. The average molecular weight is 268 g/mol. The van der Waals surface area contributed by atoms with Crippen molar-refractivity contribution in [1.29, 1.82) is 0 Å². The third-order valence-corrected chi connectivity index (χ3v) is 4.01. The molecule has 2 heterocycles. The molecule has 0 fully saturated rings. The van der Waals surface area contributed by atoms with Crippen molar-refractivity contribution < 1.29 is 9.47 Å². The molecule has 0 saturated heterocycles. The summed E-state index contributed by atoms with van der Waals surface area (Å²) < 4.78 is 11.3. The summed E-state index contributed by atoms with van der Waals surface area (Å²) in [6.45, 7) is 1.64. The molecule has 0 bridgehead atoms. The molecule has 0 saturated carbocycles. The van der Waals surface area contributed by atoms with Gasteiger partial charge in [0.05, 0.1) is 30.4 Å². The van der Waals surface area contributed by atoms with E-state index in [1.54, 1.807) is 7.11 Å². The van der Waals surface area contributed by atoms with Crippen LogP contribution < -0.4 is 14.4 Å². The molecule has 0 radical (unpaired) electrons. The van der Waals surface area contributed by atoms with Crippen molar-refractivity contribution in [2.75, 3.05) is 32.2 Å². The molecule has 1 aliphatic heterocycles. The SMILES string of the molecule is COc1cccc2c1[nH]c1c3c(ccc12)N(C)CCO3. The van der Waals surface area contributed by atoms with Crippen molar-refractivity contribution in [3.63, 3.8) is 0 Å². The van der Waals surface area contributed by atoms with Crippen molar-refractivity contribution in [2.24, 2.45) is 0 Å². The smallest absolute Gasteiger partial charge is 0.166 e. The number of aromatic nitrogens is 1. The highest BCUT2D eigenvalue weighted by atomic mass is 16.5. The minimum Gasteiger partial charge on any atom is -0.495 e. The number of nitrogens with zero attached hydrogens (tertiary/aromatic N) is 1. The third kappa shape index (κ3) is 1.42. The van der Waals surface area contributed by atoms with Gasteiger partial charge in [0.25, 0.3) is 0 Å². The third-order valence-electron chi connectivity index (χ3n) is 4.01. The summed E-state index contributed by atoms with van der Waals surface area (Å²) in [6.07, 6.45) is 0. The fourth-order valence-corrected chi connectivity index (χ4v) is 2.95. The van der Waals surface area contributed by atoms with Gasteiger partial charge in [-0.05, 0) is 18.2 Å². The summed E-state index contributed by atoms with van der Waals surface area (Å²) in [4.78, 5) is 5.69. The fourth-order valence-electron chi connectivity index (χ4n) is 2.95. The number of anilines is 1. The zero-order valence-corrected chi connectivity index (χ0v) is 11.6. The molecule has 1 aromatic heterocycles. The number of nitrogens with one attached hydrogen (secondary N) is 1. The summed E-state index contributed by atoms with van der Waals surface area (Å²) in [5.41, 5.74) is 3.21. The second-order valence-corrected chi connectivity index (χ2v) is 5.11. The highest BCUT2D eigenvalue weighted by molar-refractivity contribution is 6.12. The minimum atomic E-state index is 0.717. The summed E-state index contributed by atoms with van der Waals surface area (Å²) in [7, 11) is 3.79. The first-order valence-electron chi connectivity index (χ1n) is 6.75. The Bertz CT molecular complexity index is 807. The van der Waals surface area contributed by atoms with Gasteiger partial charge in [-0.1, -0.05) is 12.1 Å². The molecule has 4 heteroatoms. The normalized spacial score (nSPS) is 14.4. The van der Waals surface area contributed by atoms with E-state index in [9.17, 15) is 0 Å². The second kappa shape index (κ2) is 4.07. The Balaban J connectivity index is 2.11. The highest BCUT2D eigenvalue weighted by Gasteiger charge is 2.20. The van der Waals surface area contributed by atoms with Gasteiger partial charge in [0.15, 0.2) is 5.75 Å². The maximum Gasteiger partial charge on any atom is 0.166 e. The second-order valence-electron chi connectivity index (χ2n) is 5.11. The molecule has 102 valence electrons. The van der Waals surface area contributed by atoms with Crippen LogP contribution in [0.1, 0.15) is 0 Å². The molecule has 0 atom stereocenters. The number of methoxy groups -OCH3 is 1. The van der Waals surface area contributed by atoms with E-state index in [4.69, 9.17) is 9.47 Å². The predicted octanol–water partition coefficient (Wildman–Crippen LogP) is 3.16. The number of ether oxygens (including phenoxy) is 2. The van der Waals surface area contributed by atoms with Crippen LogP contribution in [-0.2, 0) is 0 Å². The maximum atomic E-state index is 5.90. The lowest BCUT2D eigenvalue weighted by Gasteiger charge is -2.27. The van der Waals surface area contributed by atoms with E-state index in [1.807, 2.05) is 12.1 Å². The van der Waals surface area contributed by atoms with Crippen LogP contribution in [-0.4, -0.2) is 32.3 Å². The summed E-state index contributed by atoms with van der Waals surface area (Å²) >= 11 is 0. The van der Waals surface area contributed by atoms with E-state index in [0.717, 1.165) is 41.4 Å². The van der Waals surface area contributed by atoms with Gasteiger partial charge in [-0.15, -0.1) is 0 Å². The number of aromatic amines is 1. The van der Waals surface area contributed by atoms with E-state index in [0.29, 0.717) is 0 Å². The first kappa shape index (κ1) is 11.5. The zero-order valence-electron chi connectivity index (χ0n) is 11.6. The van der Waals surface area contributed by atoms with Gasteiger partial charge in [0, 0.05) is 17.8 Å². The van der Waals surface area contributed by atoms with Gasteiger partial charge in [-0.3, -0.25) is 0 Å². The van der Waals surface area contributed by atoms with Crippen molar-refractivity contribution in [2.45, 2.75) is 0 Å². The monoisotopic (exact) mass is 268 g/mol. The van der Waals surface area contributed by atoms with Crippen LogP contribution in [0.2, 0.25) is 0 Å².